The van der Waals surface area contributed by atoms with Crippen molar-refractivity contribution in [1.82, 2.24) is 0 Å². The second-order valence-electron chi connectivity index (χ2n) is 25.7. The van der Waals surface area contributed by atoms with Gasteiger partial charge in [-0.15, -0.1) is 0 Å². The predicted octanol–water partition coefficient (Wildman–Crippen LogP) is -13.2. The highest BCUT2D eigenvalue weighted by Gasteiger charge is 2.52. The van der Waals surface area contributed by atoms with Crippen molar-refractivity contribution in [3.8, 4) is 0 Å². The van der Waals surface area contributed by atoms with Gasteiger partial charge in [-0.25, -0.2) is 0 Å². The van der Waals surface area contributed by atoms with Gasteiger partial charge < -0.3 is 207 Å². The van der Waals surface area contributed by atoms with Gasteiger partial charge in [0, 0.05) is 46.8 Å². The summed E-state index contributed by atoms with van der Waals surface area (Å²) in [6.07, 6.45) is -50.2. The third kappa shape index (κ3) is 24.4. The average molecular weight is 1520 g/mol. The molecule has 0 aromatic carbocycles. The number of hydrogen-bond acceptors (Lipinski definition) is 42. The minimum Gasteiger partial charge on any atom is -0.394 e. The summed E-state index contributed by atoms with van der Waals surface area (Å²) >= 11 is 0. The molecule has 0 spiro atoms. The number of aliphatic hydroxyl groups is 22. The van der Waals surface area contributed by atoms with E-state index in [1.807, 2.05) is 0 Å². The first kappa shape index (κ1) is 88.5. The van der Waals surface area contributed by atoms with Crippen LogP contribution >= 0.6 is 0 Å². The standard InChI is InChI=1S/C61H110O42/c1-84-55-49(81)52(88-11-7-19-96-61-51(83)54(90-13-6-18-94-59-48(80)44(76)37(69)30(23-65)100-59)40(72)33(103-61)26-87-9-3-15-92-57-46(78)42(74)35(67)28(21-63)98-57)38(70)31(101-55)24-85-10-4-16-95-60-50(82)53(89-12-5-17-93-58-47(79)43(75)36(68)29(22-64)99-58)39(71)32(102-60)25-86-8-2-14-91-56-45(77)41(73)34(66)27(20-62)97-56/h27-83H,2-26H2,1H3/t27-,28-,29-,30-,31-,32-,33-,34-,35-,36-,37-,38-,39-,40-,41+,42+,43+,44+,45+,46+,47+,48+,49+,50+,51+,52+,53+,54+,55+,56+,57+,58+,59+,60+,61+/m1/s1. The molecule has 103 heavy (non-hydrogen) atoms. The summed E-state index contributed by atoms with van der Waals surface area (Å²) in [5, 5.41) is 228. The van der Waals surface area contributed by atoms with Crippen LogP contribution in [0.4, 0.5) is 0 Å². The molecule has 7 aliphatic rings. The zero-order valence-corrected chi connectivity index (χ0v) is 56.9. The van der Waals surface area contributed by atoms with Crippen LogP contribution < -0.4 is 0 Å². The molecule has 0 bridgehead atoms. The molecule has 0 unspecified atom stereocenters. The predicted molar refractivity (Wildman–Crippen MR) is 329 cm³/mol. The molecule has 7 rings (SSSR count). The van der Waals surface area contributed by atoms with E-state index in [0.29, 0.717) is 0 Å². The Kier molecular flexibility index (Phi) is 38.7. The number of hydrogen-bond donors (Lipinski definition) is 22. The van der Waals surface area contributed by atoms with Gasteiger partial charge in [-0.05, 0) is 38.5 Å². The van der Waals surface area contributed by atoms with Crippen LogP contribution in [0.15, 0.2) is 0 Å². The first-order valence-corrected chi connectivity index (χ1v) is 34.5. The SMILES string of the molecule is CO[C@H]1O[C@H](COCCCO[C@H]2O[C@H](COCCCO[C@H]3O[C@H](CO)[C@@H](O)[C@H](O)[C@@H]3O)[C@@H](O)[C@H](OCCCO[C@H]3O[C@H](CO)[C@@H](O)[C@H](O)[C@@H]3O)[C@@H]2O)[C@@H](O)[C@H](OCCCO[C@H]2O[C@H](COCCCO[C@H]3O[C@H](CO)[C@@H](O)[C@H](O)[C@@H]3O)[C@@H](O)[C@H](OCCCO[C@H]3O[C@H](CO)[C@@H](O)[C@H](O)[C@@H]3O)[C@@H]2O)[C@@H]1O. The van der Waals surface area contributed by atoms with Crippen molar-refractivity contribution in [2.45, 2.75) is 253 Å². The quantitative estimate of drug-likeness (QED) is 0.0252. The first-order chi connectivity index (χ1) is 49.4. The van der Waals surface area contributed by atoms with E-state index in [-0.39, 0.29) is 138 Å². The summed E-state index contributed by atoms with van der Waals surface area (Å²) in [6, 6.07) is 0. The molecule has 7 aliphatic heterocycles. The van der Waals surface area contributed by atoms with Gasteiger partial charge in [-0.2, -0.15) is 0 Å². The zero-order valence-electron chi connectivity index (χ0n) is 56.9. The summed E-state index contributed by atoms with van der Waals surface area (Å²) in [4.78, 5) is 0. The van der Waals surface area contributed by atoms with Gasteiger partial charge >= 0.3 is 0 Å². The van der Waals surface area contributed by atoms with Crippen LogP contribution in [0, 0.1) is 0 Å². The summed E-state index contributed by atoms with van der Waals surface area (Å²) in [6.45, 7) is -4.78. The molecule has 7 saturated heterocycles. The Hall–Kier alpha value is -1.68. The minimum atomic E-state index is -1.68. The minimum absolute atomic E-state index is 0.00892. The van der Waals surface area contributed by atoms with Crippen LogP contribution in [0.3, 0.4) is 0 Å². The van der Waals surface area contributed by atoms with Crippen molar-refractivity contribution in [3.05, 3.63) is 0 Å². The highest BCUT2D eigenvalue weighted by atomic mass is 16.8. The van der Waals surface area contributed by atoms with Crippen molar-refractivity contribution in [2.24, 2.45) is 0 Å². The Morgan fingerprint density at radius 2 is 0.398 bits per heavy atom. The van der Waals surface area contributed by atoms with E-state index in [9.17, 15) is 112 Å². The van der Waals surface area contributed by atoms with Crippen molar-refractivity contribution in [2.75, 3.05) is 133 Å². The van der Waals surface area contributed by atoms with E-state index in [2.05, 4.69) is 0 Å². The fourth-order valence-corrected chi connectivity index (χ4v) is 12.1. The Morgan fingerprint density at radius 3 is 0.631 bits per heavy atom. The van der Waals surface area contributed by atoms with Gasteiger partial charge in [0.05, 0.1) is 85.9 Å². The summed E-state index contributed by atoms with van der Waals surface area (Å²) < 4.78 is 114. The van der Waals surface area contributed by atoms with Crippen LogP contribution in [-0.2, 0) is 94.7 Å². The molecule has 0 saturated carbocycles. The Morgan fingerprint density at radius 1 is 0.204 bits per heavy atom. The summed E-state index contributed by atoms with van der Waals surface area (Å²) in [7, 11) is 1.26. The van der Waals surface area contributed by atoms with Gasteiger partial charge in [0.15, 0.2) is 44.0 Å². The van der Waals surface area contributed by atoms with Crippen molar-refractivity contribution >= 4 is 0 Å². The van der Waals surface area contributed by atoms with E-state index in [0.717, 1.165) is 0 Å². The topological polar surface area (TPSA) is 630 Å². The van der Waals surface area contributed by atoms with Gasteiger partial charge in [0.1, 0.15) is 171 Å². The van der Waals surface area contributed by atoms with E-state index >= 15 is 0 Å². The average Bonchev–Trinajstić information content (AvgIpc) is 0.823. The highest BCUT2D eigenvalue weighted by Crippen LogP contribution is 2.31. The van der Waals surface area contributed by atoms with Crippen LogP contribution in [0.2, 0.25) is 0 Å². The van der Waals surface area contributed by atoms with Crippen LogP contribution in [0.25, 0.3) is 0 Å². The monoisotopic (exact) mass is 1510 g/mol. The molecule has 606 valence electrons. The van der Waals surface area contributed by atoms with Crippen molar-refractivity contribution < 1.29 is 207 Å². The maximum absolute atomic E-state index is 11.4. The van der Waals surface area contributed by atoms with Gasteiger partial charge in [0.25, 0.3) is 0 Å². The molecule has 22 N–H and O–H groups in total. The maximum Gasteiger partial charge on any atom is 0.186 e. The van der Waals surface area contributed by atoms with E-state index < -0.39 is 241 Å². The molecular weight excluding hydrogens is 1400 g/mol. The maximum atomic E-state index is 11.4. The molecule has 7 heterocycles. The van der Waals surface area contributed by atoms with Crippen molar-refractivity contribution in [1.29, 1.82) is 0 Å². The molecule has 0 aliphatic carbocycles. The van der Waals surface area contributed by atoms with Crippen LogP contribution in [-0.4, -0.2) is 460 Å². The third-order valence-electron chi connectivity index (χ3n) is 18.2. The Balaban J connectivity index is 0.858. The number of methoxy groups -OCH3 is 1. The molecular formula is C61H110O42. The van der Waals surface area contributed by atoms with E-state index in [1.165, 1.54) is 7.11 Å². The molecule has 0 aromatic rings. The molecule has 42 nitrogen and oxygen atoms in total. The van der Waals surface area contributed by atoms with Crippen LogP contribution in [0.1, 0.15) is 38.5 Å². The molecule has 0 radical (unpaired) electrons. The molecule has 0 amide bonds. The van der Waals surface area contributed by atoms with Gasteiger partial charge in [-0.3, -0.25) is 0 Å². The second-order valence-corrected chi connectivity index (χ2v) is 25.7. The number of rotatable bonds is 44. The molecule has 42 heteroatoms. The van der Waals surface area contributed by atoms with E-state index in [1.54, 1.807) is 0 Å². The fraction of sp³-hybridized carbons (Fsp3) is 1.00. The second kappa shape index (κ2) is 45.0. The Bertz CT molecular complexity index is 2260. The third-order valence-corrected chi connectivity index (χ3v) is 18.2. The van der Waals surface area contributed by atoms with Crippen molar-refractivity contribution in [3.63, 3.8) is 0 Å². The number of aliphatic hydroxyl groups excluding tert-OH is 22. The Labute approximate surface area is 591 Å². The lowest BCUT2D eigenvalue weighted by molar-refractivity contribution is -0.314. The fourth-order valence-electron chi connectivity index (χ4n) is 12.1. The number of ether oxygens (including phenoxy) is 20. The summed E-state index contributed by atoms with van der Waals surface area (Å²) in [5.74, 6) is 0. The largest absolute Gasteiger partial charge is 0.394 e. The molecule has 0 aromatic heterocycles. The zero-order chi connectivity index (χ0) is 75.0. The van der Waals surface area contributed by atoms with E-state index in [4.69, 9.17) is 94.7 Å². The summed E-state index contributed by atoms with van der Waals surface area (Å²) in [5.41, 5.74) is 0. The molecule has 35 atom stereocenters. The van der Waals surface area contributed by atoms with Gasteiger partial charge in [0.2, 0.25) is 0 Å². The lowest BCUT2D eigenvalue weighted by atomic mass is 9.99. The van der Waals surface area contributed by atoms with Crippen LogP contribution in [0.5, 0.6) is 0 Å². The lowest BCUT2D eigenvalue weighted by Crippen LogP contribution is -2.60. The lowest BCUT2D eigenvalue weighted by Gasteiger charge is -2.42. The first-order valence-electron chi connectivity index (χ1n) is 34.5. The smallest absolute Gasteiger partial charge is 0.186 e. The molecule has 7 fully saturated rings. The highest BCUT2D eigenvalue weighted by molar-refractivity contribution is 4.96. The van der Waals surface area contributed by atoms with Gasteiger partial charge in [-0.1, -0.05) is 0 Å². The normalized spacial score (nSPS) is 43.4.